The van der Waals surface area contributed by atoms with Crippen LogP contribution in [0.5, 0.6) is 0 Å². The van der Waals surface area contributed by atoms with Crippen LogP contribution in [0.4, 0.5) is 0 Å². The van der Waals surface area contributed by atoms with E-state index in [-0.39, 0.29) is 5.69 Å². The van der Waals surface area contributed by atoms with Crippen LogP contribution in [-0.4, -0.2) is 22.3 Å². The average molecular weight is 235 g/mol. The zero-order valence-electron chi connectivity index (χ0n) is 8.51. The summed E-state index contributed by atoms with van der Waals surface area (Å²) >= 11 is 1.62. The van der Waals surface area contributed by atoms with E-state index in [1.54, 1.807) is 11.8 Å². The van der Waals surface area contributed by atoms with Crippen molar-refractivity contribution >= 4 is 17.7 Å². The van der Waals surface area contributed by atoms with Crippen molar-refractivity contribution in [2.24, 2.45) is 0 Å². The van der Waals surface area contributed by atoms with Gasteiger partial charge in [-0.1, -0.05) is 12.1 Å². The molecule has 0 aliphatic carbocycles. The number of thioether (sulfide) groups is 1. The first kappa shape index (κ1) is 10.8. The highest BCUT2D eigenvalue weighted by atomic mass is 32.2. The number of nitrogens with zero attached hydrogens (tertiary/aromatic N) is 1. The summed E-state index contributed by atoms with van der Waals surface area (Å²) in [6, 6.07) is 7.46. The number of carboxylic acids is 1. The molecule has 1 heterocycles. The topological polar surface area (TPSA) is 63.3 Å². The maximum absolute atomic E-state index is 10.9. The van der Waals surface area contributed by atoms with Crippen LogP contribution < -0.4 is 0 Å². The van der Waals surface area contributed by atoms with Crippen LogP contribution in [0.1, 0.15) is 10.5 Å². The Bertz CT molecular complexity index is 504. The summed E-state index contributed by atoms with van der Waals surface area (Å²) in [5.41, 5.74) is 0.657. The molecule has 2 aromatic rings. The number of aromatic carboxylic acids is 1. The van der Waals surface area contributed by atoms with Gasteiger partial charge in [0.25, 0.3) is 0 Å². The summed E-state index contributed by atoms with van der Waals surface area (Å²) in [6.45, 7) is 0. The van der Waals surface area contributed by atoms with Gasteiger partial charge in [0, 0.05) is 10.5 Å². The SMILES string of the molecule is CSc1ccc(-c2ocnc2C(=O)O)cc1. The highest BCUT2D eigenvalue weighted by molar-refractivity contribution is 7.98. The van der Waals surface area contributed by atoms with E-state index in [0.29, 0.717) is 11.3 Å². The molecule has 0 atom stereocenters. The number of carboxylic acid groups (broad SMARTS) is 1. The molecule has 0 amide bonds. The van der Waals surface area contributed by atoms with E-state index < -0.39 is 5.97 Å². The lowest BCUT2D eigenvalue weighted by atomic mass is 10.1. The van der Waals surface area contributed by atoms with E-state index in [0.717, 1.165) is 11.3 Å². The lowest BCUT2D eigenvalue weighted by Crippen LogP contribution is -1.98. The molecule has 0 saturated carbocycles. The van der Waals surface area contributed by atoms with Gasteiger partial charge >= 0.3 is 5.97 Å². The van der Waals surface area contributed by atoms with Crippen molar-refractivity contribution in [1.29, 1.82) is 0 Å². The lowest BCUT2D eigenvalue weighted by molar-refractivity contribution is 0.0691. The van der Waals surface area contributed by atoms with Gasteiger partial charge in [-0.15, -0.1) is 11.8 Å². The summed E-state index contributed by atoms with van der Waals surface area (Å²) < 4.78 is 5.09. The average Bonchev–Trinajstić information content (AvgIpc) is 2.78. The van der Waals surface area contributed by atoms with Gasteiger partial charge < -0.3 is 9.52 Å². The van der Waals surface area contributed by atoms with Gasteiger partial charge in [-0.25, -0.2) is 9.78 Å². The minimum Gasteiger partial charge on any atom is -0.476 e. The van der Waals surface area contributed by atoms with Gasteiger partial charge in [-0.2, -0.15) is 0 Å². The highest BCUT2D eigenvalue weighted by Crippen LogP contribution is 2.25. The molecular formula is C11H9NO3S. The smallest absolute Gasteiger partial charge is 0.358 e. The van der Waals surface area contributed by atoms with Gasteiger partial charge in [0.1, 0.15) is 0 Å². The number of oxazole rings is 1. The lowest BCUT2D eigenvalue weighted by Gasteiger charge is -1.99. The molecule has 0 aliphatic rings. The Kier molecular flexibility index (Phi) is 2.96. The molecule has 0 bridgehead atoms. The fourth-order valence-corrected chi connectivity index (χ4v) is 1.75. The number of carbonyl (C=O) groups is 1. The quantitative estimate of drug-likeness (QED) is 0.829. The zero-order chi connectivity index (χ0) is 11.5. The van der Waals surface area contributed by atoms with Crippen LogP contribution in [0.3, 0.4) is 0 Å². The summed E-state index contributed by atoms with van der Waals surface area (Å²) in [5.74, 6) is -0.794. The van der Waals surface area contributed by atoms with Crippen molar-refractivity contribution in [2.45, 2.75) is 4.90 Å². The molecule has 5 heteroatoms. The standard InChI is InChI=1S/C11H9NO3S/c1-16-8-4-2-7(3-5-8)10-9(11(13)14)12-6-15-10/h2-6H,1H3,(H,13,14). The second kappa shape index (κ2) is 4.40. The van der Waals surface area contributed by atoms with Crippen LogP contribution in [0.2, 0.25) is 0 Å². The van der Waals surface area contributed by atoms with Crippen LogP contribution in [0.25, 0.3) is 11.3 Å². The summed E-state index contributed by atoms with van der Waals surface area (Å²) in [6.07, 6.45) is 3.12. The second-order valence-corrected chi connectivity index (χ2v) is 3.94. The van der Waals surface area contributed by atoms with E-state index in [2.05, 4.69) is 4.98 Å². The molecule has 4 nitrogen and oxygen atoms in total. The Hall–Kier alpha value is -1.75. The third-order valence-electron chi connectivity index (χ3n) is 2.12. The predicted octanol–water partition coefficient (Wildman–Crippen LogP) is 2.76. The van der Waals surface area contributed by atoms with Gasteiger partial charge in [0.2, 0.25) is 0 Å². The van der Waals surface area contributed by atoms with E-state index in [9.17, 15) is 4.79 Å². The Balaban J connectivity index is 2.42. The Labute approximate surface area is 96.3 Å². The number of aromatic nitrogens is 1. The number of hydrogen-bond acceptors (Lipinski definition) is 4. The van der Waals surface area contributed by atoms with E-state index in [1.165, 1.54) is 0 Å². The molecule has 82 valence electrons. The zero-order valence-corrected chi connectivity index (χ0v) is 9.32. The molecule has 0 radical (unpaired) electrons. The Morgan fingerprint density at radius 3 is 2.62 bits per heavy atom. The molecule has 1 aromatic carbocycles. The molecule has 0 unspecified atom stereocenters. The Morgan fingerprint density at radius 1 is 1.38 bits per heavy atom. The van der Waals surface area contributed by atoms with Gasteiger partial charge in [-0.3, -0.25) is 0 Å². The fourth-order valence-electron chi connectivity index (χ4n) is 1.35. The van der Waals surface area contributed by atoms with Gasteiger partial charge in [0.05, 0.1) is 0 Å². The van der Waals surface area contributed by atoms with Crippen molar-refractivity contribution in [1.82, 2.24) is 4.98 Å². The molecule has 2 rings (SSSR count). The third-order valence-corrected chi connectivity index (χ3v) is 2.87. The summed E-state index contributed by atoms with van der Waals surface area (Å²) in [4.78, 5) is 15.6. The van der Waals surface area contributed by atoms with Crippen LogP contribution in [-0.2, 0) is 0 Å². The normalized spacial score (nSPS) is 10.3. The van der Waals surface area contributed by atoms with Gasteiger partial charge in [0.15, 0.2) is 17.8 Å². The number of rotatable bonds is 3. The largest absolute Gasteiger partial charge is 0.476 e. The molecule has 1 aromatic heterocycles. The molecule has 0 spiro atoms. The van der Waals surface area contributed by atoms with Crippen molar-refractivity contribution in [3.05, 3.63) is 36.4 Å². The van der Waals surface area contributed by atoms with Crippen molar-refractivity contribution in [3.63, 3.8) is 0 Å². The number of hydrogen-bond donors (Lipinski definition) is 1. The predicted molar refractivity (Wildman–Crippen MR) is 60.7 cm³/mol. The molecule has 16 heavy (non-hydrogen) atoms. The summed E-state index contributed by atoms with van der Waals surface area (Å²) in [7, 11) is 0. The van der Waals surface area contributed by atoms with Crippen molar-refractivity contribution in [2.75, 3.05) is 6.26 Å². The van der Waals surface area contributed by atoms with E-state index >= 15 is 0 Å². The second-order valence-electron chi connectivity index (χ2n) is 3.06. The third kappa shape index (κ3) is 1.94. The minimum absolute atomic E-state index is 0.0584. The van der Waals surface area contributed by atoms with Crippen molar-refractivity contribution < 1.29 is 14.3 Å². The fraction of sp³-hybridized carbons (Fsp3) is 0.0909. The monoisotopic (exact) mass is 235 g/mol. The van der Waals surface area contributed by atoms with E-state index in [1.807, 2.05) is 30.5 Å². The summed E-state index contributed by atoms with van der Waals surface area (Å²) in [5, 5.41) is 8.89. The first-order valence-corrected chi connectivity index (χ1v) is 5.76. The molecule has 0 saturated heterocycles. The molecule has 1 N–H and O–H groups in total. The maximum Gasteiger partial charge on any atom is 0.358 e. The number of benzene rings is 1. The minimum atomic E-state index is -1.09. The van der Waals surface area contributed by atoms with Crippen LogP contribution >= 0.6 is 11.8 Å². The highest BCUT2D eigenvalue weighted by Gasteiger charge is 2.16. The van der Waals surface area contributed by atoms with Crippen LogP contribution in [0, 0.1) is 0 Å². The van der Waals surface area contributed by atoms with Gasteiger partial charge in [-0.05, 0) is 18.4 Å². The van der Waals surface area contributed by atoms with E-state index in [4.69, 9.17) is 9.52 Å². The van der Waals surface area contributed by atoms with Crippen LogP contribution in [0.15, 0.2) is 40.0 Å². The maximum atomic E-state index is 10.9. The molecule has 0 fully saturated rings. The molecule has 0 aliphatic heterocycles. The first-order valence-electron chi connectivity index (χ1n) is 4.53. The first-order chi connectivity index (χ1) is 7.72. The Morgan fingerprint density at radius 2 is 2.06 bits per heavy atom. The van der Waals surface area contributed by atoms with Crippen molar-refractivity contribution in [3.8, 4) is 11.3 Å². The molecular weight excluding hydrogens is 226 g/mol.